The van der Waals surface area contributed by atoms with Gasteiger partial charge in [-0.15, -0.1) is 0 Å². The summed E-state index contributed by atoms with van der Waals surface area (Å²) in [5.74, 6) is 2.67. The van der Waals surface area contributed by atoms with Crippen LogP contribution in [0.15, 0.2) is 10.6 Å². The molecule has 1 saturated carbocycles. The third-order valence-corrected chi connectivity index (χ3v) is 3.30. The molecule has 0 atom stereocenters. The van der Waals surface area contributed by atoms with Crippen molar-refractivity contribution in [3.63, 3.8) is 0 Å². The molecule has 1 aliphatic carbocycles. The Balaban J connectivity index is 1.70. The summed E-state index contributed by atoms with van der Waals surface area (Å²) in [4.78, 5) is 4.36. The summed E-state index contributed by atoms with van der Waals surface area (Å²) in [7, 11) is 0. The lowest BCUT2D eigenvalue weighted by Gasteiger charge is -2.22. The van der Waals surface area contributed by atoms with Gasteiger partial charge in [-0.25, -0.2) is 4.98 Å². The molecule has 1 fully saturated rings. The van der Waals surface area contributed by atoms with Gasteiger partial charge in [-0.05, 0) is 46.6 Å². The molecule has 0 radical (unpaired) electrons. The minimum absolute atomic E-state index is 0.202. The predicted octanol–water partition coefficient (Wildman–Crippen LogP) is 3.26. The number of nitrogens with zero attached hydrogens (tertiary/aromatic N) is 1. The molecule has 0 saturated heterocycles. The maximum atomic E-state index is 5.78. The fraction of sp³-hybridized carbons (Fsp3) is 0.786. The van der Waals surface area contributed by atoms with Crippen molar-refractivity contribution >= 4 is 0 Å². The van der Waals surface area contributed by atoms with Gasteiger partial charge in [0.25, 0.3) is 0 Å². The molecular formula is C14H24N2O. The molecule has 0 bridgehead atoms. The van der Waals surface area contributed by atoms with Crippen molar-refractivity contribution in [2.45, 2.75) is 64.3 Å². The molecule has 96 valence electrons. The van der Waals surface area contributed by atoms with Crippen molar-refractivity contribution < 1.29 is 4.42 Å². The van der Waals surface area contributed by atoms with E-state index in [1.807, 2.05) is 6.20 Å². The summed E-state index contributed by atoms with van der Waals surface area (Å²) < 4.78 is 5.78. The lowest BCUT2D eigenvalue weighted by atomic mass is 9.84. The van der Waals surface area contributed by atoms with Gasteiger partial charge < -0.3 is 9.73 Å². The first-order valence-corrected chi connectivity index (χ1v) is 6.74. The fourth-order valence-electron chi connectivity index (χ4n) is 2.02. The third-order valence-electron chi connectivity index (χ3n) is 3.30. The van der Waals surface area contributed by atoms with E-state index in [0.717, 1.165) is 31.0 Å². The van der Waals surface area contributed by atoms with Crippen LogP contribution in [0.25, 0.3) is 0 Å². The highest BCUT2D eigenvalue weighted by atomic mass is 16.4. The molecule has 0 aromatic carbocycles. The summed E-state index contributed by atoms with van der Waals surface area (Å²) in [5, 5.41) is 3.47. The second-order valence-electron chi connectivity index (χ2n) is 6.06. The van der Waals surface area contributed by atoms with E-state index in [-0.39, 0.29) is 5.54 Å². The number of rotatable bonds is 5. The van der Waals surface area contributed by atoms with E-state index in [0.29, 0.717) is 5.92 Å². The SMILES string of the molecule is CC(C)(C)NCCCc1ncc(C2CCC2)o1. The lowest BCUT2D eigenvalue weighted by Crippen LogP contribution is -2.36. The summed E-state index contributed by atoms with van der Waals surface area (Å²) >= 11 is 0. The summed E-state index contributed by atoms with van der Waals surface area (Å²) in [6.07, 6.45) is 7.85. The van der Waals surface area contributed by atoms with Gasteiger partial charge in [0.1, 0.15) is 5.76 Å². The zero-order chi connectivity index (χ0) is 12.3. The number of aryl methyl sites for hydroxylation is 1. The van der Waals surface area contributed by atoms with Gasteiger partial charge in [0.2, 0.25) is 0 Å². The molecule has 1 aliphatic rings. The summed E-state index contributed by atoms with van der Waals surface area (Å²) in [6.45, 7) is 7.58. The van der Waals surface area contributed by atoms with Crippen LogP contribution in [0.1, 0.15) is 64.0 Å². The maximum Gasteiger partial charge on any atom is 0.194 e. The Kier molecular flexibility index (Phi) is 3.87. The largest absolute Gasteiger partial charge is 0.445 e. The van der Waals surface area contributed by atoms with Crippen LogP contribution in [0.5, 0.6) is 0 Å². The van der Waals surface area contributed by atoms with Crippen LogP contribution in [-0.4, -0.2) is 17.1 Å². The standard InChI is InChI=1S/C14H24N2O/c1-14(2,3)16-9-5-8-13-15-10-12(17-13)11-6-4-7-11/h10-11,16H,4-9H2,1-3H3. The molecule has 17 heavy (non-hydrogen) atoms. The Labute approximate surface area is 104 Å². The second-order valence-corrected chi connectivity index (χ2v) is 6.06. The molecule has 3 heteroatoms. The van der Waals surface area contributed by atoms with Crippen LogP contribution in [0.4, 0.5) is 0 Å². The van der Waals surface area contributed by atoms with Gasteiger partial charge >= 0.3 is 0 Å². The van der Waals surface area contributed by atoms with Crippen molar-refractivity contribution in [3.05, 3.63) is 17.8 Å². The molecule has 1 heterocycles. The zero-order valence-corrected chi connectivity index (χ0v) is 11.3. The lowest BCUT2D eigenvalue weighted by molar-refractivity contribution is 0.331. The van der Waals surface area contributed by atoms with Gasteiger partial charge in [-0.2, -0.15) is 0 Å². The Morgan fingerprint density at radius 3 is 2.76 bits per heavy atom. The maximum absolute atomic E-state index is 5.78. The van der Waals surface area contributed by atoms with Crippen molar-refractivity contribution in [1.29, 1.82) is 0 Å². The molecule has 0 aliphatic heterocycles. The van der Waals surface area contributed by atoms with E-state index >= 15 is 0 Å². The smallest absolute Gasteiger partial charge is 0.194 e. The van der Waals surface area contributed by atoms with Crippen LogP contribution in [0, 0.1) is 0 Å². The molecule has 1 N–H and O–H groups in total. The quantitative estimate of drug-likeness (QED) is 0.797. The van der Waals surface area contributed by atoms with Crippen molar-refractivity contribution in [3.8, 4) is 0 Å². The number of hydrogen-bond donors (Lipinski definition) is 1. The van der Waals surface area contributed by atoms with Crippen LogP contribution in [0.2, 0.25) is 0 Å². The van der Waals surface area contributed by atoms with Crippen LogP contribution in [-0.2, 0) is 6.42 Å². The summed E-state index contributed by atoms with van der Waals surface area (Å²) in [5.41, 5.74) is 0.202. The third kappa shape index (κ3) is 3.84. The van der Waals surface area contributed by atoms with Crippen LogP contribution in [0.3, 0.4) is 0 Å². The van der Waals surface area contributed by atoms with Gasteiger partial charge in [0.15, 0.2) is 5.89 Å². The molecule has 2 rings (SSSR count). The fourth-order valence-corrected chi connectivity index (χ4v) is 2.02. The molecule has 0 amide bonds. The Hall–Kier alpha value is -0.830. The Bertz CT molecular complexity index is 347. The van der Waals surface area contributed by atoms with E-state index < -0.39 is 0 Å². The van der Waals surface area contributed by atoms with Gasteiger partial charge in [-0.1, -0.05) is 6.42 Å². The van der Waals surface area contributed by atoms with E-state index in [4.69, 9.17) is 4.42 Å². The minimum Gasteiger partial charge on any atom is -0.445 e. The first-order chi connectivity index (χ1) is 8.04. The van der Waals surface area contributed by atoms with Crippen molar-refractivity contribution in [1.82, 2.24) is 10.3 Å². The topological polar surface area (TPSA) is 38.1 Å². The van der Waals surface area contributed by atoms with E-state index in [2.05, 4.69) is 31.1 Å². The highest BCUT2D eigenvalue weighted by molar-refractivity contribution is 5.05. The first-order valence-electron chi connectivity index (χ1n) is 6.74. The normalized spacial score (nSPS) is 17.1. The van der Waals surface area contributed by atoms with Gasteiger partial charge in [0, 0.05) is 17.9 Å². The molecular weight excluding hydrogens is 212 g/mol. The number of aromatic nitrogens is 1. The highest BCUT2D eigenvalue weighted by Gasteiger charge is 2.23. The average molecular weight is 236 g/mol. The summed E-state index contributed by atoms with van der Waals surface area (Å²) in [6, 6.07) is 0. The predicted molar refractivity (Wildman–Crippen MR) is 69.2 cm³/mol. The van der Waals surface area contributed by atoms with Crippen molar-refractivity contribution in [2.75, 3.05) is 6.54 Å². The van der Waals surface area contributed by atoms with Crippen LogP contribution < -0.4 is 5.32 Å². The average Bonchev–Trinajstić information content (AvgIpc) is 2.57. The van der Waals surface area contributed by atoms with E-state index in [9.17, 15) is 0 Å². The first kappa shape index (κ1) is 12.6. The van der Waals surface area contributed by atoms with Gasteiger partial charge in [0.05, 0.1) is 6.20 Å². The minimum atomic E-state index is 0.202. The monoisotopic (exact) mass is 236 g/mol. The molecule has 1 aromatic rings. The Morgan fingerprint density at radius 2 is 2.18 bits per heavy atom. The number of oxazole rings is 1. The molecule has 0 spiro atoms. The highest BCUT2D eigenvalue weighted by Crippen LogP contribution is 2.36. The van der Waals surface area contributed by atoms with Crippen molar-refractivity contribution in [2.24, 2.45) is 0 Å². The Morgan fingerprint density at radius 1 is 1.41 bits per heavy atom. The number of hydrogen-bond acceptors (Lipinski definition) is 3. The second kappa shape index (κ2) is 5.21. The van der Waals surface area contributed by atoms with Gasteiger partial charge in [-0.3, -0.25) is 0 Å². The molecule has 1 aromatic heterocycles. The van der Waals surface area contributed by atoms with Crippen LogP contribution >= 0.6 is 0 Å². The van der Waals surface area contributed by atoms with E-state index in [1.54, 1.807) is 0 Å². The van der Waals surface area contributed by atoms with E-state index in [1.165, 1.54) is 19.3 Å². The molecule has 3 nitrogen and oxygen atoms in total. The zero-order valence-electron chi connectivity index (χ0n) is 11.3. The molecule has 0 unspecified atom stereocenters. The number of nitrogens with one attached hydrogen (secondary N) is 1.